The molecule has 84 valence electrons. The van der Waals surface area contributed by atoms with Crippen LogP contribution in [0.15, 0.2) is 0 Å². The third-order valence-electron chi connectivity index (χ3n) is 2.36. The predicted octanol–water partition coefficient (Wildman–Crippen LogP) is 1.37. The van der Waals surface area contributed by atoms with E-state index in [2.05, 4.69) is 0 Å². The number of hydrogen-bond donors (Lipinski definition) is 2. The maximum atomic E-state index is 11.7. The Morgan fingerprint density at radius 3 is 1.43 bits per heavy atom. The van der Waals surface area contributed by atoms with E-state index in [0.717, 1.165) is 0 Å². The molecular weight excluding hydrogens is 180 g/mol. The van der Waals surface area contributed by atoms with Gasteiger partial charge in [-0.25, -0.2) is 0 Å². The maximum Gasteiger partial charge on any atom is 0.138 e. The molecule has 3 nitrogen and oxygen atoms in total. The fraction of sp³-hybridized carbons (Fsp3) is 0.909. The van der Waals surface area contributed by atoms with Crippen LogP contribution in [0.3, 0.4) is 0 Å². The summed E-state index contributed by atoms with van der Waals surface area (Å²) >= 11 is 0. The average Bonchev–Trinajstić information content (AvgIpc) is 2.00. The Balaban J connectivity index is 4.04. The van der Waals surface area contributed by atoms with Gasteiger partial charge < -0.3 is 10.2 Å². The zero-order chi connectivity index (χ0) is 11.3. The van der Waals surface area contributed by atoms with E-state index in [9.17, 15) is 4.79 Å². The maximum absolute atomic E-state index is 11.7. The second-order valence-corrected chi connectivity index (χ2v) is 4.37. The molecule has 0 bridgehead atoms. The van der Waals surface area contributed by atoms with Crippen LogP contribution in [0.1, 0.15) is 40.5 Å². The lowest BCUT2D eigenvalue weighted by molar-refractivity contribution is -0.127. The highest BCUT2D eigenvalue weighted by Crippen LogP contribution is 2.16. The quantitative estimate of drug-likeness (QED) is 0.684. The molecule has 0 heterocycles. The van der Waals surface area contributed by atoms with Gasteiger partial charge in [-0.3, -0.25) is 4.79 Å². The first-order chi connectivity index (χ1) is 6.34. The van der Waals surface area contributed by atoms with Crippen LogP contribution < -0.4 is 0 Å². The number of ketones is 1. The van der Waals surface area contributed by atoms with Crippen LogP contribution in [0, 0.1) is 11.8 Å². The lowest BCUT2D eigenvalue weighted by Crippen LogP contribution is -2.24. The zero-order valence-electron chi connectivity index (χ0n) is 9.53. The third-order valence-corrected chi connectivity index (χ3v) is 2.36. The molecule has 0 aliphatic heterocycles. The molecule has 0 saturated heterocycles. The summed E-state index contributed by atoms with van der Waals surface area (Å²) in [5.74, 6) is -0.112. The first-order valence-corrected chi connectivity index (χ1v) is 5.24. The summed E-state index contributed by atoms with van der Waals surface area (Å²) in [5, 5.41) is 18.3. The molecule has 3 heteroatoms. The van der Waals surface area contributed by atoms with Crippen molar-refractivity contribution in [3.8, 4) is 0 Å². The van der Waals surface area contributed by atoms with Gasteiger partial charge in [0.25, 0.3) is 0 Å². The molecule has 0 fully saturated rings. The Morgan fingerprint density at radius 1 is 0.929 bits per heavy atom. The van der Waals surface area contributed by atoms with E-state index in [1.807, 2.05) is 13.8 Å². The molecule has 0 aromatic rings. The second kappa shape index (κ2) is 6.14. The highest BCUT2D eigenvalue weighted by atomic mass is 16.3. The minimum Gasteiger partial charge on any atom is -0.393 e. The Kier molecular flexibility index (Phi) is 5.96. The first kappa shape index (κ1) is 13.6. The van der Waals surface area contributed by atoms with Crippen molar-refractivity contribution in [1.82, 2.24) is 0 Å². The topological polar surface area (TPSA) is 57.5 Å². The minimum absolute atomic E-state index is 0.122. The molecule has 0 spiro atoms. The second-order valence-electron chi connectivity index (χ2n) is 4.37. The van der Waals surface area contributed by atoms with Crippen molar-refractivity contribution in [1.29, 1.82) is 0 Å². The molecule has 0 saturated carbocycles. The number of carbonyl (C=O) groups is 1. The van der Waals surface area contributed by atoms with E-state index in [-0.39, 0.29) is 17.6 Å². The van der Waals surface area contributed by atoms with Crippen molar-refractivity contribution < 1.29 is 15.0 Å². The van der Waals surface area contributed by atoms with Crippen LogP contribution in [0.25, 0.3) is 0 Å². The van der Waals surface area contributed by atoms with Gasteiger partial charge >= 0.3 is 0 Å². The van der Waals surface area contributed by atoms with E-state index >= 15 is 0 Å². The largest absolute Gasteiger partial charge is 0.393 e. The van der Waals surface area contributed by atoms with E-state index in [1.54, 1.807) is 13.8 Å². The third kappa shape index (κ3) is 5.35. The summed E-state index contributed by atoms with van der Waals surface area (Å²) in [5.41, 5.74) is 0. The van der Waals surface area contributed by atoms with Crippen LogP contribution in [-0.2, 0) is 4.79 Å². The van der Waals surface area contributed by atoms with Gasteiger partial charge in [0.2, 0.25) is 0 Å². The summed E-state index contributed by atoms with van der Waals surface area (Å²) in [4.78, 5) is 11.7. The Hall–Kier alpha value is -0.410. The lowest BCUT2D eigenvalue weighted by Gasteiger charge is -2.18. The van der Waals surface area contributed by atoms with Gasteiger partial charge in [0.1, 0.15) is 5.78 Å². The van der Waals surface area contributed by atoms with E-state index in [4.69, 9.17) is 10.2 Å². The standard InChI is InChI=1S/C11H22O3/c1-7(5-9(3)12)11(14)8(2)6-10(4)13/h7-10,12-13H,5-6H2,1-4H3. The number of aliphatic hydroxyl groups excluding tert-OH is 2. The predicted molar refractivity (Wildman–Crippen MR) is 55.9 cm³/mol. The van der Waals surface area contributed by atoms with Crippen molar-refractivity contribution in [2.24, 2.45) is 11.8 Å². The smallest absolute Gasteiger partial charge is 0.138 e. The molecule has 14 heavy (non-hydrogen) atoms. The van der Waals surface area contributed by atoms with E-state index < -0.39 is 12.2 Å². The summed E-state index contributed by atoms with van der Waals surface area (Å²) < 4.78 is 0. The molecule has 0 aliphatic carbocycles. The van der Waals surface area contributed by atoms with Crippen LogP contribution in [0.4, 0.5) is 0 Å². The normalized spacial score (nSPS) is 19.9. The van der Waals surface area contributed by atoms with Gasteiger partial charge in [-0.2, -0.15) is 0 Å². The fourth-order valence-corrected chi connectivity index (χ4v) is 1.74. The number of rotatable bonds is 6. The summed E-state index contributed by atoms with van der Waals surface area (Å²) in [7, 11) is 0. The van der Waals surface area contributed by atoms with Crippen molar-refractivity contribution in [2.75, 3.05) is 0 Å². The van der Waals surface area contributed by atoms with Crippen LogP contribution in [0.5, 0.6) is 0 Å². The zero-order valence-corrected chi connectivity index (χ0v) is 9.53. The SMILES string of the molecule is CC(O)CC(C)C(=O)C(C)CC(C)O. The molecule has 0 aliphatic rings. The van der Waals surface area contributed by atoms with Gasteiger partial charge in [0.05, 0.1) is 12.2 Å². The highest BCUT2D eigenvalue weighted by molar-refractivity contribution is 5.82. The van der Waals surface area contributed by atoms with Gasteiger partial charge in [0, 0.05) is 11.8 Å². The van der Waals surface area contributed by atoms with Gasteiger partial charge in [-0.15, -0.1) is 0 Å². The minimum atomic E-state index is -0.437. The monoisotopic (exact) mass is 202 g/mol. The summed E-state index contributed by atoms with van der Waals surface area (Å²) in [6, 6.07) is 0. The fourth-order valence-electron chi connectivity index (χ4n) is 1.74. The summed E-state index contributed by atoms with van der Waals surface area (Å²) in [6.45, 7) is 7.02. The molecule has 2 N–H and O–H groups in total. The van der Waals surface area contributed by atoms with Crippen molar-refractivity contribution in [2.45, 2.75) is 52.7 Å². The Labute approximate surface area is 86.1 Å². The molecule has 0 radical (unpaired) electrons. The molecule has 0 rings (SSSR count). The van der Waals surface area contributed by atoms with Gasteiger partial charge in [-0.1, -0.05) is 13.8 Å². The van der Waals surface area contributed by atoms with Crippen LogP contribution in [0.2, 0.25) is 0 Å². The summed E-state index contributed by atoms with van der Waals surface area (Å²) in [6.07, 6.45) is 0.131. The Morgan fingerprint density at radius 2 is 1.21 bits per heavy atom. The number of aliphatic hydroxyl groups is 2. The first-order valence-electron chi connectivity index (χ1n) is 5.24. The highest BCUT2D eigenvalue weighted by Gasteiger charge is 2.22. The number of Topliss-reactive ketones (excluding diaryl/α,β-unsaturated/α-hetero) is 1. The molecule has 4 atom stereocenters. The number of carbonyl (C=O) groups excluding carboxylic acids is 1. The van der Waals surface area contributed by atoms with Crippen molar-refractivity contribution in [3.63, 3.8) is 0 Å². The van der Waals surface area contributed by atoms with Crippen LogP contribution >= 0.6 is 0 Å². The van der Waals surface area contributed by atoms with Crippen molar-refractivity contribution in [3.05, 3.63) is 0 Å². The van der Waals surface area contributed by atoms with Crippen LogP contribution in [-0.4, -0.2) is 28.2 Å². The Bertz CT molecular complexity index is 157. The molecule has 4 unspecified atom stereocenters. The average molecular weight is 202 g/mol. The molecule has 0 aromatic heterocycles. The molecular formula is C11H22O3. The molecule has 0 amide bonds. The van der Waals surface area contributed by atoms with E-state index in [0.29, 0.717) is 12.8 Å². The number of hydrogen-bond acceptors (Lipinski definition) is 3. The lowest BCUT2D eigenvalue weighted by atomic mass is 9.88. The van der Waals surface area contributed by atoms with Gasteiger partial charge in [-0.05, 0) is 26.7 Å². The van der Waals surface area contributed by atoms with E-state index in [1.165, 1.54) is 0 Å². The van der Waals surface area contributed by atoms with Gasteiger partial charge in [0.15, 0.2) is 0 Å². The van der Waals surface area contributed by atoms with Crippen molar-refractivity contribution >= 4 is 5.78 Å². The molecule has 0 aromatic carbocycles.